The summed E-state index contributed by atoms with van der Waals surface area (Å²) in [6, 6.07) is 10.6. The molecule has 1 N–H and O–H groups in total. The quantitative estimate of drug-likeness (QED) is 0.923. The van der Waals surface area contributed by atoms with Gasteiger partial charge in [0.05, 0.1) is 17.9 Å². The van der Waals surface area contributed by atoms with Gasteiger partial charge < -0.3 is 5.32 Å². The molecule has 0 saturated carbocycles. The number of hydrogen-bond donors (Lipinski definition) is 1. The fourth-order valence-corrected chi connectivity index (χ4v) is 3.04. The highest BCUT2D eigenvalue weighted by Crippen LogP contribution is 2.21. The van der Waals surface area contributed by atoms with Gasteiger partial charge >= 0.3 is 0 Å². The highest BCUT2D eigenvalue weighted by molar-refractivity contribution is 5.94. The molecule has 5 nitrogen and oxygen atoms in total. The smallest absolute Gasteiger partial charge is 0.241 e. The van der Waals surface area contributed by atoms with Gasteiger partial charge in [-0.25, -0.2) is 0 Å². The van der Waals surface area contributed by atoms with Crippen molar-refractivity contribution >= 4 is 11.6 Å². The van der Waals surface area contributed by atoms with Gasteiger partial charge in [0.2, 0.25) is 5.91 Å². The Balaban J connectivity index is 1.63. The molecule has 0 bridgehead atoms. The minimum atomic E-state index is -0.0578. The highest BCUT2D eigenvalue weighted by Gasteiger charge is 2.30. The SMILES string of the molecule is CC(C)n1cc(NC(=O)[C@H]2CCCN2Cc2ccccc2)cn1. The molecule has 0 radical (unpaired) electrons. The Morgan fingerprint density at radius 3 is 2.83 bits per heavy atom. The molecule has 122 valence electrons. The van der Waals surface area contributed by atoms with Gasteiger partial charge in [-0.05, 0) is 38.8 Å². The third-order valence-electron chi connectivity index (χ3n) is 4.29. The van der Waals surface area contributed by atoms with E-state index in [9.17, 15) is 4.79 Å². The molecule has 2 aromatic rings. The summed E-state index contributed by atoms with van der Waals surface area (Å²) in [7, 11) is 0. The maximum Gasteiger partial charge on any atom is 0.241 e. The first-order valence-electron chi connectivity index (χ1n) is 8.26. The van der Waals surface area contributed by atoms with Crippen molar-refractivity contribution in [1.29, 1.82) is 0 Å². The number of nitrogens with one attached hydrogen (secondary N) is 1. The largest absolute Gasteiger partial charge is 0.322 e. The van der Waals surface area contributed by atoms with E-state index in [4.69, 9.17) is 0 Å². The predicted molar refractivity (Wildman–Crippen MR) is 91.1 cm³/mol. The van der Waals surface area contributed by atoms with Gasteiger partial charge in [0.25, 0.3) is 0 Å². The molecule has 1 atom stereocenters. The van der Waals surface area contributed by atoms with E-state index in [2.05, 4.69) is 41.3 Å². The summed E-state index contributed by atoms with van der Waals surface area (Å²) in [6.07, 6.45) is 5.58. The normalized spacial score (nSPS) is 18.5. The van der Waals surface area contributed by atoms with Crippen LogP contribution in [0, 0.1) is 0 Å². The Morgan fingerprint density at radius 2 is 2.13 bits per heavy atom. The van der Waals surface area contributed by atoms with E-state index >= 15 is 0 Å². The average molecular weight is 312 g/mol. The molecule has 0 unspecified atom stereocenters. The number of rotatable bonds is 5. The van der Waals surface area contributed by atoms with Crippen LogP contribution < -0.4 is 5.32 Å². The molecule has 1 saturated heterocycles. The molecule has 1 aromatic heterocycles. The number of carbonyl (C=O) groups is 1. The Labute approximate surface area is 137 Å². The van der Waals surface area contributed by atoms with Crippen molar-refractivity contribution in [1.82, 2.24) is 14.7 Å². The summed E-state index contributed by atoms with van der Waals surface area (Å²) < 4.78 is 1.85. The van der Waals surface area contributed by atoms with Crippen molar-refractivity contribution in [2.75, 3.05) is 11.9 Å². The minimum Gasteiger partial charge on any atom is -0.322 e. The van der Waals surface area contributed by atoms with Gasteiger partial charge in [-0.15, -0.1) is 0 Å². The molecule has 2 heterocycles. The van der Waals surface area contributed by atoms with Crippen LogP contribution >= 0.6 is 0 Å². The molecule has 23 heavy (non-hydrogen) atoms. The Bertz CT molecular complexity index is 650. The van der Waals surface area contributed by atoms with Crippen LogP contribution in [-0.4, -0.2) is 33.2 Å². The summed E-state index contributed by atoms with van der Waals surface area (Å²) >= 11 is 0. The lowest BCUT2D eigenvalue weighted by atomic mass is 10.1. The maximum atomic E-state index is 12.6. The number of amides is 1. The number of hydrogen-bond acceptors (Lipinski definition) is 3. The average Bonchev–Trinajstić information content (AvgIpc) is 3.17. The van der Waals surface area contributed by atoms with Crippen molar-refractivity contribution in [2.45, 2.75) is 45.3 Å². The molecule has 5 heteroatoms. The van der Waals surface area contributed by atoms with Crippen LogP contribution in [0.3, 0.4) is 0 Å². The van der Waals surface area contributed by atoms with Crippen molar-refractivity contribution in [3.63, 3.8) is 0 Å². The number of likely N-dealkylation sites (tertiary alicyclic amines) is 1. The Morgan fingerprint density at radius 1 is 1.35 bits per heavy atom. The first kappa shape index (κ1) is 15.7. The van der Waals surface area contributed by atoms with E-state index in [0.29, 0.717) is 6.04 Å². The summed E-state index contributed by atoms with van der Waals surface area (Å²) in [5, 5.41) is 7.28. The van der Waals surface area contributed by atoms with Gasteiger partial charge in [0.15, 0.2) is 0 Å². The summed E-state index contributed by atoms with van der Waals surface area (Å²) in [6.45, 7) is 5.93. The Hall–Kier alpha value is -2.14. The van der Waals surface area contributed by atoms with E-state index in [1.807, 2.05) is 29.1 Å². The lowest BCUT2D eigenvalue weighted by Crippen LogP contribution is -2.39. The lowest BCUT2D eigenvalue weighted by Gasteiger charge is -2.23. The van der Waals surface area contributed by atoms with Gasteiger partial charge in [-0.3, -0.25) is 14.4 Å². The Kier molecular flexibility index (Phi) is 4.76. The van der Waals surface area contributed by atoms with Crippen LogP contribution in [0.1, 0.15) is 38.3 Å². The van der Waals surface area contributed by atoms with Crippen molar-refractivity contribution in [3.8, 4) is 0 Å². The molecule has 1 aromatic carbocycles. The van der Waals surface area contributed by atoms with Gasteiger partial charge in [-0.1, -0.05) is 30.3 Å². The van der Waals surface area contributed by atoms with Crippen LogP contribution in [0.25, 0.3) is 0 Å². The number of carbonyl (C=O) groups excluding carboxylic acids is 1. The predicted octanol–water partition coefficient (Wildman–Crippen LogP) is 3.07. The fourth-order valence-electron chi connectivity index (χ4n) is 3.04. The molecular formula is C18H24N4O. The second-order valence-electron chi connectivity index (χ2n) is 6.41. The van der Waals surface area contributed by atoms with E-state index in [0.717, 1.165) is 31.6 Å². The second kappa shape index (κ2) is 6.96. The summed E-state index contributed by atoms with van der Waals surface area (Å²) in [5.41, 5.74) is 2.02. The molecule has 3 rings (SSSR count). The van der Waals surface area contributed by atoms with E-state index in [1.165, 1.54) is 5.56 Å². The van der Waals surface area contributed by atoms with Crippen LogP contribution in [0.15, 0.2) is 42.7 Å². The van der Waals surface area contributed by atoms with Crippen molar-refractivity contribution < 1.29 is 4.79 Å². The number of aromatic nitrogens is 2. The molecule has 0 aliphatic carbocycles. The maximum absolute atomic E-state index is 12.6. The molecule has 1 aliphatic heterocycles. The van der Waals surface area contributed by atoms with Gasteiger partial charge in [0, 0.05) is 18.8 Å². The molecule has 1 aliphatic rings. The third kappa shape index (κ3) is 3.79. The topological polar surface area (TPSA) is 50.2 Å². The van der Waals surface area contributed by atoms with Crippen LogP contribution in [0.4, 0.5) is 5.69 Å². The zero-order chi connectivity index (χ0) is 16.2. The molecule has 0 spiro atoms. The van der Waals surface area contributed by atoms with E-state index < -0.39 is 0 Å². The van der Waals surface area contributed by atoms with Crippen LogP contribution in [0.2, 0.25) is 0 Å². The van der Waals surface area contributed by atoms with Gasteiger partial charge in [-0.2, -0.15) is 5.10 Å². The molecular weight excluding hydrogens is 288 g/mol. The zero-order valence-corrected chi connectivity index (χ0v) is 13.8. The number of benzene rings is 1. The summed E-state index contributed by atoms with van der Waals surface area (Å²) in [4.78, 5) is 14.9. The molecule has 1 amide bonds. The zero-order valence-electron chi connectivity index (χ0n) is 13.8. The first-order valence-corrected chi connectivity index (χ1v) is 8.26. The first-order chi connectivity index (χ1) is 11.1. The monoisotopic (exact) mass is 312 g/mol. The highest BCUT2D eigenvalue weighted by atomic mass is 16.2. The second-order valence-corrected chi connectivity index (χ2v) is 6.41. The minimum absolute atomic E-state index is 0.0578. The number of anilines is 1. The summed E-state index contributed by atoms with van der Waals surface area (Å²) in [5.74, 6) is 0.0711. The number of nitrogens with zero attached hydrogens (tertiary/aromatic N) is 3. The fraction of sp³-hybridized carbons (Fsp3) is 0.444. The van der Waals surface area contributed by atoms with Crippen LogP contribution in [0.5, 0.6) is 0 Å². The van der Waals surface area contributed by atoms with Crippen LogP contribution in [-0.2, 0) is 11.3 Å². The van der Waals surface area contributed by atoms with Crippen molar-refractivity contribution in [3.05, 3.63) is 48.3 Å². The van der Waals surface area contributed by atoms with E-state index in [-0.39, 0.29) is 11.9 Å². The standard InChI is InChI=1S/C18H24N4O/c1-14(2)22-13-16(11-19-22)20-18(23)17-9-6-10-21(17)12-15-7-4-3-5-8-15/h3-5,7-8,11,13-14,17H,6,9-10,12H2,1-2H3,(H,20,23)/t17-/m1/s1. The molecule has 1 fully saturated rings. The lowest BCUT2D eigenvalue weighted by molar-refractivity contribution is -0.120. The van der Waals surface area contributed by atoms with Crippen molar-refractivity contribution in [2.24, 2.45) is 0 Å². The van der Waals surface area contributed by atoms with E-state index in [1.54, 1.807) is 6.20 Å². The third-order valence-corrected chi connectivity index (χ3v) is 4.29. The van der Waals surface area contributed by atoms with Gasteiger partial charge in [0.1, 0.15) is 0 Å².